The van der Waals surface area contributed by atoms with Crippen LogP contribution in [0, 0.1) is 19.8 Å². The van der Waals surface area contributed by atoms with E-state index in [2.05, 4.69) is 20.3 Å². The van der Waals surface area contributed by atoms with Crippen LogP contribution in [0.25, 0.3) is 0 Å². The van der Waals surface area contributed by atoms with Gasteiger partial charge in [-0.3, -0.25) is 24.5 Å². The van der Waals surface area contributed by atoms with Crippen LogP contribution < -0.4 is 16.0 Å². The molecule has 4 heterocycles. The Morgan fingerprint density at radius 3 is 2.49 bits per heavy atom. The summed E-state index contributed by atoms with van der Waals surface area (Å²) in [6, 6.07) is 8.73. The van der Waals surface area contributed by atoms with Gasteiger partial charge >= 0.3 is 6.03 Å². The molecule has 1 saturated heterocycles. The summed E-state index contributed by atoms with van der Waals surface area (Å²) >= 11 is 0. The summed E-state index contributed by atoms with van der Waals surface area (Å²) in [6.45, 7) is 5.63. The molecule has 3 aromatic rings. The quantitative estimate of drug-likeness (QED) is 0.475. The fourth-order valence-corrected chi connectivity index (χ4v) is 4.61. The van der Waals surface area contributed by atoms with E-state index in [1.165, 1.54) is 4.90 Å². The third kappa shape index (κ3) is 5.42. The van der Waals surface area contributed by atoms with Crippen molar-refractivity contribution in [2.45, 2.75) is 45.7 Å². The third-order valence-electron chi connectivity index (χ3n) is 6.60. The molecule has 0 aromatic carbocycles. The average molecular weight is 502 g/mol. The van der Waals surface area contributed by atoms with Crippen molar-refractivity contribution in [1.29, 1.82) is 0 Å². The van der Waals surface area contributed by atoms with Crippen LogP contribution in [0.5, 0.6) is 0 Å². The van der Waals surface area contributed by atoms with E-state index in [0.717, 1.165) is 21.7 Å². The first-order chi connectivity index (χ1) is 17.7. The van der Waals surface area contributed by atoms with Gasteiger partial charge in [0, 0.05) is 42.7 Å². The van der Waals surface area contributed by atoms with Crippen molar-refractivity contribution in [1.82, 2.24) is 25.2 Å². The molecule has 192 valence electrons. The summed E-state index contributed by atoms with van der Waals surface area (Å²) < 4.78 is 0. The highest BCUT2D eigenvalue weighted by Crippen LogP contribution is 2.33. The number of urea groups is 1. The minimum Gasteiger partial charge on any atom is -0.384 e. The third-order valence-corrected chi connectivity index (χ3v) is 6.60. The van der Waals surface area contributed by atoms with Gasteiger partial charge in [0.15, 0.2) is 0 Å². The van der Waals surface area contributed by atoms with Crippen LogP contribution in [0.2, 0.25) is 0 Å². The van der Waals surface area contributed by atoms with E-state index in [1.807, 2.05) is 39.0 Å². The van der Waals surface area contributed by atoms with Crippen LogP contribution in [0.4, 0.5) is 16.3 Å². The number of likely N-dealkylation sites (N-methyl/N-ethyl adjacent to an activating group) is 1. The molecule has 10 heteroatoms. The number of nitrogens with two attached hydrogens (primary N) is 1. The number of nitrogens with zero attached hydrogens (tertiary/aromatic N) is 5. The molecule has 4 rings (SSSR count). The lowest BCUT2D eigenvalue weighted by atomic mass is 9.81. The molecule has 3 N–H and O–H groups in total. The number of β-lactam (4-membered cyclic amide) rings is 1. The number of likely N-dealkylation sites (tertiary alicyclic amines) is 1. The zero-order valence-electron chi connectivity index (χ0n) is 21.4. The van der Waals surface area contributed by atoms with Crippen LogP contribution >= 0.6 is 0 Å². The molecular weight excluding hydrogens is 470 g/mol. The molecular formula is C27H31N7O3. The number of anilines is 2. The van der Waals surface area contributed by atoms with Gasteiger partial charge in [0.25, 0.3) is 5.91 Å². The Hall–Kier alpha value is -4.34. The van der Waals surface area contributed by atoms with Crippen LogP contribution in [0.3, 0.4) is 0 Å². The van der Waals surface area contributed by atoms with Gasteiger partial charge < -0.3 is 16.0 Å². The number of imide groups is 1. The predicted octanol–water partition coefficient (Wildman–Crippen LogP) is 2.96. The van der Waals surface area contributed by atoms with E-state index in [4.69, 9.17) is 5.73 Å². The fourth-order valence-electron chi connectivity index (χ4n) is 4.61. The Morgan fingerprint density at radius 1 is 1.14 bits per heavy atom. The second kappa shape index (κ2) is 10.7. The summed E-state index contributed by atoms with van der Waals surface area (Å²) in [6.07, 6.45) is 5.72. The molecule has 0 aliphatic carbocycles. The van der Waals surface area contributed by atoms with Gasteiger partial charge in [-0.2, -0.15) is 0 Å². The highest BCUT2D eigenvalue weighted by Gasteiger charge is 2.55. The van der Waals surface area contributed by atoms with Crippen LogP contribution in [0.1, 0.15) is 41.9 Å². The van der Waals surface area contributed by atoms with Gasteiger partial charge in [-0.1, -0.05) is 13.0 Å². The van der Waals surface area contributed by atoms with Gasteiger partial charge in [0.2, 0.25) is 5.91 Å². The SMILES string of the molecule is CC[C@@H](NC(=O)N1C(=O)[C@H](Cc2cc(C)nc(N)c2)[C@H]1C(=O)N(C)c1ccncc1)c1ccc(C)nc1. The largest absolute Gasteiger partial charge is 0.384 e. The summed E-state index contributed by atoms with van der Waals surface area (Å²) in [5, 5.41) is 2.92. The van der Waals surface area contributed by atoms with Crippen molar-refractivity contribution in [2.24, 2.45) is 5.92 Å². The summed E-state index contributed by atoms with van der Waals surface area (Å²) in [4.78, 5) is 55.3. The van der Waals surface area contributed by atoms with Crippen molar-refractivity contribution in [2.75, 3.05) is 17.7 Å². The minimum absolute atomic E-state index is 0.260. The number of hydrogen-bond donors (Lipinski definition) is 2. The van der Waals surface area contributed by atoms with E-state index < -0.39 is 23.9 Å². The number of aryl methyl sites for hydroxylation is 2. The summed E-state index contributed by atoms with van der Waals surface area (Å²) in [5.41, 5.74) is 9.70. The van der Waals surface area contributed by atoms with Crippen molar-refractivity contribution in [3.63, 3.8) is 0 Å². The minimum atomic E-state index is -0.978. The first kappa shape index (κ1) is 25.7. The first-order valence-corrected chi connectivity index (χ1v) is 12.2. The number of aromatic nitrogens is 3. The van der Waals surface area contributed by atoms with E-state index in [9.17, 15) is 14.4 Å². The molecule has 0 spiro atoms. The molecule has 3 atom stereocenters. The molecule has 37 heavy (non-hydrogen) atoms. The van der Waals surface area contributed by atoms with Crippen LogP contribution in [-0.2, 0) is 16.0 Å². The number of nitrogen functional groups attached to an aromatic ring is 1. The van der Waals surface area contributed by atoms with Gasteiger partial charge in [-0.05, 0) is 68.1 Å². The maximum Gasteiger partial charge on any atom is 0.325 e. The number of carbonyl (C=O) groups excluding carboxylic acids is 3. The smallest absolute Gasteiger partial charge is 0.325 e. The van der Waals surface area contributed by atoms with E-state index in [-0.39, 0.29) is 18.4 Å². The molecule has 0 bridgehead atoms. The molecule has 4 amide bonds. The first-order valence-electron chi connectivity index (χ1n) is 12.2. The number of hydrogen-bond acceptors (Lipinski definition) is 7. The molecule has 0 unspecified atom stereocenters. The Bertz CT molecular complexity index is 1280. The van der Waals surface area contributed by atoms with Crippen molar-refractivity contribution < 1.29 is 14.4 Å². The lowest BCUT2D eigenvalue weighted by Gasteiger charge is -2.46. The number of pyridine rings is 3. The van der Waals surface area contributed by atoms with E-state index in [0.29, 0.717) is 23.6 Å². The van der Waals surface area contributed by atoms with Gasteiger partial charge in [-0.25, -0.2) is 9.78 Å². The lowest BCUT2D eigenvalue weighted by Crippen LogP contribution is -2.70. The summed E-state index contributed by atoms with van der Waals surface area (Å²) in [5.74, 6) is -1.16. The van der Waals surface area contributed by atoms with Crippen molar-refractivity contribution in [3.8, 4) is 0 Å². The van der Waals surface area contributed by atoms with Gasteiger partial charge in [0.05, 0.1) is 12.0 Å². The Labute approximate surface area is 215 Å². The normalized spacial score (nSPS) is 17.6. The fraction of sp³-hybridized carbons (Fsp3) is 0.333. The molecule has 1 aliphatic heterocycles. The van der Waals surface area contributed by atoms with Gasteiger partial charge in [0.1, 0.15) is 11.9 Å². The highest BCUT2D eigenvalue weighted by atomic mass is 16.2. The van der Waals surface area contributed by atoms with Crippen LogP contribution in [-0.4, -0.2) is 50.8 Å². The molecule has 0 radical (unpaired) electrons. The standard InChI is InChI=1S/C27H31N7O3/c1-5-22(19-7-6-16(2)30-15-19)32-27(37)34-24(26(36)33(4)20-8-10-29-11-9-20)21(25(34)35)13-18-12-17(3)31-23(28)14-18/h6-12,14-15,21-22,24H,5,13H2,1-4H3,(H2,28,31)(H,32,37)/t21-,22-,24+/m1/s1. The number of amides is 4. The Kier molecular flexibility index (Phi) is 7.47. The number of nitrogens with one attached hydrogen (secondary N) is 1. The second-order valence-electron chi connectivity index (χ2n) is 9.25. The Balaban J connectivity index is 1.61. The molecule has 3 aromatic heterocycles. The second-order valence-corrected chi connectivity index (χ2v) is 9.25. The van der Waals surface area contributed by atoms with Crippen LogP contribution in [0.15, 0.2) is 55.0 Å². The molecule has 1 fully saturated rings. The predicted molar refractivity (Wildman–Crippen MR) is 139 cm³/mol. The topological polar surface area (TPSA) is 134 Å². The number of carbonyl (C=O) groups is 3. The van der Waals surface area contributed by atoms with E-state index >= 15 is 0 Å². The molecule has 0 saturated carbocycles. The monoisotopic (exact) mass is 501 g/mol. The van der Waals surface area contributed by atoms with Crippen molar-refractivity contribution >= 4 is 29.4 Å². The zero-order chi connectivity index (χ0) is 26.7. The number of rotatable bonds is 7. The Morgan fingerprint density at radius 2 is 1.86 bits per heavy atom. The van der Waals surface area contributed by atoms with Gasteiger partial charge in [-0.15, -0.1) is 0 Å². The van der Waals surface area contributed by atoms with Crippen molar-refractivity contribution in [3.05, 3.63) is 77.5 Å². The summed E-state index contributed by atoms with van der Waals surface area (Å²) in [7, 11) is 1.62. The molecule has 10 nitrogen and oxygen atoms in total. The van der Waals surface area contributed by atoms with E-state index in [1.54, 1.807) is 43.8 Å². The lowest BCUT2D eigenvalue weighted by molar-refractivity contribution is -0.156. The zero-order valence-corrected chi connectivity index (χ0v) is 21.4. The average Bonchev–Trinajstić information content (AvgIpc) is 2.88. The maximum absolute atomic E-state index is 13.7. The molecule has 1 aliphatic rings. The maximum atomic E-state index is 13.7. The highest BCUT2D eigenvalue weighted by molar-refractivity contribution is 6.12.